The quantitative estimate of drug-likeness (QED) is 0.839. The van der Waals surface area contributed by atoms with Crippen LogP contribution in [0.2, 0.25) is 0 Å². The molecule has 0 spiro atoms. The molecule has 0 fully saturated rings. The van der Waals surface area contributed by atoms with Crippen molar-refractivity contribution >= 4 is 11.6 Å². The summed E-state index contributed by atoms with van der Waals surface area (Å²) in [7, 11) is 0. The molecule has 5 heteroatoms. The summed E-state index contributed by atoms with van der Waals surface area (Å²) in [4.78, 5) is 14.9. The smallest absolute Gasteiger partial charge is 0.284 e. The number of aromatic nitrogens is 1. The van der Waals surface area contributed by atoms with Gasteiger partial charge in [-0.15, -0.1) is 0 Å². The maximum Gasteiger partial charge on any atom is 0.284 e. The molecule has 88 valence electrons. The Bertz CT molecular complexity index is 534. The number of hydrogen-bond acceptors (Lipinski definition) is 4. The summed E-state index contributed by atoms with van der Waals surface area (Å²) in [5.41, 5.74) is 6.98. The number of hydrogen-bond donors (Lipinski definition) is 2. The molecule has 0 bridgehead atoms. The molecular weight excluding hydrogens is 218 g/mol. The van der Waals surface area contributed by atoms with Crippen LogP contribution in [0.1, 0.15) is 22.0 Å². The molecule has 2 aromatic heterocycles. The minimum atomic E-state index is -0.559. The molecule has 3 N–H and O–H groups in total. The third kappa shape index (κ3) is 2.84. The third-order valence-corrected chi connectivity index (χ3v) is 2.27. The number of furan rings is 1. The van der Waals surface area contributed by atoms with Crippen molar-refractivity contribution in [2.75, 3.05) is 5.32 Å². The van der Waals surface area contributed by atoms with E-state index in [4.69, 9.17) is 10.2 Å². The molecule has 17 heavy (non-hydrogen) atoms. The van der Waals surface area contributed by atoms with Crippen molar-refractivity contribution in [3.05, 3.63) is 47.7 Å². The minimum absolute atomic E-state index is 0.174. The topological polar surface area (TPSA) is 81.1 Å². The largest absolute Gasteiger partial charge is 0.454 e. The summed E-state index contributed by atoms with van der Waals surface area (Å²) < 4.78 is 5.24. The van der Waals surface area contributed by atoms with Crippen LogP contribution < -0.4 is 11.1 Å². The Balaban J connectivity index is 2.00. The van der Waals surface area contributed by atoms with Crippen LogP contribution in [-0.4, -0.2) is 10.9 Å². The van der Waals surface area contributed by atoms with Crippen molar-refractivity contribution in [2.45, 2.75) is 13.5 Å². The summed E-state index contributed by atoms with van der Waals surface area (Å²) >= 11 is 0. The second-order valence-corrected chi connectivity index (χ2v) is 3.67. The van der Waals surface area contributed by atoms with E-state index in [1.165, 1.54) is 0 Å². The van der Waals surface area contributed by atoms with E-state index in [1.54, 1.807) is 18.3 Å². The molecule has 1 amide bonds. The predicted octanol–water partition coefficient (Wildman–Crippen LogP) is 1.69. The van der Waals surface area contributed by atoms with Crippen LogP contribution in [0.15, 0.2) is 34.9 Å². The Morgan fingerprint density at radius 1 is 1.47 bits per heavy atom. The van der Waals surface area contributed by atoms with Crippen molar-refractivity contribution in [3.63, 3.8) is 0 Å². The summed E-state index contributed by atoms with van der Waals surface area (Å²) in [5.74, 6) is 0.275. The van der Waals surface area contributed by atoms with Crippen molar-refractivity contribution in [2.24, 2.45) is 5.73 Å². The van der Waals surface area contributed by atoms with Crippen LogP contribution in [0.4, 0.5) is 5.69 Å². The summed E-state index contributed by atoms with van der Waals surface area (Å²) in [6.45, 7) is 2.42. The van der Waals surface area contributed by atoms with Crippen LogP contribution >= 0.6 is 0 Å². The maximum atomic E-state index is 10.8. The van der Waals surface area contributed by atoms with E-state index >= 15 is 0 Å². The highest BCUT2D eigenvalue weighted by atomic mass is 16.3. The Morgan fingerprint density at radius 2 is 2.29 bits per heavy atom. The van der Waals surface area contributed by atoms with Crippen molar-refractivity contribution < 1.29 is 9.21 Å². The van der Waals surface area contributed by atoms with E-state index < -0.39 is 5.91 Å². The lowest BCUT2D eigenvalue weighted by Crippen LogP contribution is -2.09. The van der Waals surface area contributed by atoms with Gasteiger partial charge in [-0.1, -0.05) is 0 Å². The standard InChI is InChI=1S/C12H13N3O2/c1-8-6-9(4-5-14-8)15-7-10-2-3-11(17-10)12(13)16/h2-6H,7H2,1H3,(H2,13,16)(H,14,15). The normalized spacial score (nSPS) is 10.2. The molecule has 0 saturated heterocycles. The lowest BCUT2D eigenvalue weighted by atomic mass is 10.3. The first kappa shape index (κ1) is 11.2. The van der Waals surface area contributed by atoms with Crippen molar-refractivity contribution in [1.29, 1.82) is 0 Å². The fraction of sp³-hybridized carbons (Fsp3) is 0.167. The molecule has 2 rings (SSSR count). The number of rotatable bonds is 4. The van der Waals surface area contributed by atoms with Gasteiger partial charge >= 0.3 is 0 Å². The number of pyridine rings is 1. The second-order valence-electron chi connectivity index (χ2n) is 3.67. The summed E-state index contributed by atoms with van der Waals surface area (Å²) in [6, 6.07) is 7.08. The Morgan fingerprint density at radius 3 is 2.94 bits per heavy atom. The number of carbonyl (C=O) groups is 1. The first-order valence-electron chi connectivity index (χ1n) is 5.20. The number of amides is 1. The minimum Gasteiger partial charge on any atom is -0.454 e. The summed E-state index contributed by atoms with van der Waals surface area (Å²) in [5, 5.41) is 3.17. The van der Waals surface area contributed by atoms with Crippen LogP contribution in [0.3, 0.4) is 0 Å². The van der Waals surface area contributed by atoms with Gasteiger partial charge in [0.25, 0.3) is 5.91 Å². The third-order valence-electron chi connectivity index (χ3n) is 2.27. The molecule has 2 heterocycles. The summed E-state index contributed by atoms with van der Waals surface area (Å²) in [6.07, 6.45) is 1.73. The average Bonchev–Trinajstić information content (AvgIpc) is 2.75. The van der Waals surface area contributed by atoms with Gasteiger partial charge in [-0.3, -0.25) is 9.78 Å². The van der Waals surface area contributed by atoms with Gasteiger partial charge in [0.2, 0.25) is 0 Å². The zero-order valence-corrected chi connectivity index (χ0v) is 9.43. The van der Waals surface area contributed by atoms with E-state index in [0.29, 0.717) is 12.3 Å². The number of primary amides is 1. The molecule has 0 aliphatic heterocycles. The molecule has 0 aliphatic rings. The van der Waals surface area contributed by atoms with Gasteiger partial charge < -0.3 is 15.5 Å². The first-order chi connectivity index (χ1) is 8.15. The number of nitrogens with one attached hydrogen (secondary N) is 1. The van der Waals surface area contributed by atoms with Crippen LogP contribution in [0.5, 0.6) is 0 Å². The number of nitrogens with zero attached hydrogens (tertiary/aromatic N) is 1. The number of carbonyl (C=O) groups excluding carboxylic acids is 1. The molecule has 0 aromatic carbocycles. The molecule has 0 aliphatic carbocycles. The zero-order chi connectivity index (χ0) is 12.3. The number of nitrogens with two attached hydrogens (primary N) is 1. The number of anilines is 1. The van der Waals surface area contributed by atoms with Gasteiger partial charge in [-0.05, 0) is 31.2 Å². The zero-order valence-electron chi connectivity index (χ0n) is 9.43. The highest BCUT2D eigenvalue weighted by Crippen LogP contribution is 2.11. The average molecular weight is 231 g/mol. The predicted molar refractivity (Wildman–Crippen MR) is 63.5 cm³/mol. The van der Waals surface area contributed by atoms with Crippen molar-refractivity contribution in [3.8, 4) is 0 Å². The van der Waals surface area contributed by atoms with Crippen LogP contribution in [0, 0.1) is 6.92 Å². The monoisotopic (exact) mass is 231 g/mol. The fourth-order valence-electron chi connectivity index (χ4n) is 1.45. The Kier molecular flexibility index (Phi) is 3.09. The van der Waals surface area contributed by atoms with E-state index in [1.807, 2.05) is 19.1 Å². The van der Waals surface area contributed by atoms with Crippen molar-refractivity contribution in [1.82, 2.24) is 4.98 Å². The van der Waals surface area contributed by atoms with Gasteiger partial charge in [-0.25, -0.2) is 0 Å². The Labute approximate surface area is 98.6 Å². The molecule has 0 atom stereocenters. The van der Waals surface area contributed by atoms with E-state index in [9.17, 15) is 4.79 Å². The first-order valence-corrected chi connectivity index (χ1v) is 5.20. The molecular formula is C12H13N3O2. The Hall–Kier alpha value is -2.30. The van der Waals surface area contributed by atoms with Gasteiger partial charge in [0.05, 0.1) is 6.54 Å². The lowest BCUT2D eigenvalue weighted by molar-refractivity contribution is 0.0972. The van der Waals surface area contributed by atoms with E-state index in [0.717, 1.165) is 11.4 Å². The molecule has 0 saturated carbocycles. The second kappa shape index (κ2) is 4.69. The molecule has 2 aromatic rings. The molecule has 0 unspecified atom stereocenters. The van der Waals surface area contributed by atoms with Gasteiger partial charge in [-0.2, -0.15) is 0 Å². The lowest BCUT2D eigenvalue weighted by Gasteiger charge is -2.04. The van der Waals surface area contributed by atoms with E-state index in [-0.39, 0.29) is 5.76 Å². The number of aryl methyl sites for hydroxylation is 1. The molecule has 5 nitrogen and oxygen atoms in total. The highest BCUT2D eigenvalue weighted by Gasteiger charge is 2.06. The van der Waals surface area contributed by atoms with Crippen LogP contribution in [0.25, 0.3) is 0 Å². The van der Waals surface area contributed by atoms with Crippen LogP contribution in [-0.2, 0) is 6.54 Å². The van der Waals surface area contributed by atoms with Gasteiger partial charge in [0.1, 0.15) is 5.76 Å². The SMILES string of the molecule is Cc1cc(NCc2ccc(C(N)=O)o2)ccn1. The molecule has 0 radical (unpaired) electrons. The highest BCUT2D eigenvalue weighted by molar-refractivity contribution is 5.89. The fourth-order valence-corrected chi connectivity index (χ4v) is 1.45. The maximum absolute atomic E-state index is 10.8. The van der Waals surface area contributed by atoms with Gasteiger partial charge in [0, 0.05) is 17.6 Å². The van der Waals surface area contributed by atoms with Gasteiger partial charge in [0.15, 0.2) is 5.76 Å². The van der Waals surface area contributed by atoms with E-state index in [2.05, 4.69) is 10.3 Å².